The first-order valence-electron chi connectivity index (χ1n) is 7.74. The smallest absolute Gasteiger partial charge is 0.456 e. The molecule has 1 saturated heterocycles. The van der Waals surface area contributed by atoms with E-state index in [0.29, 0.717) is 0 Å². The van der Waals surface area contributed by atoms with Gasteiger partial charge in [0.2, 0.25) is 0 Å². The molecule has 5 heteroatoms. The van der Waals surface area contributed by atoms with E-state index in [1.54, 1.807) is 0 Å². The average molecular weight is 373 g/mol. The lowest BCUT2D eigenvalue weighted by Gasteiger charge is -2.32. The van der Waals surface area contributed by atoms with Crippen molar-refractivity contribution >= 4 is 50.4 Å². The van der Waals surface area contributed by atoms with Crippen molar-refractivity contribution in [2.75, 3.05) is 0 Å². The lowest BCUT2D eigenvalue weighted by atomic mass is 9.79. The fourth-order valence-corrected chi connectivity index (χ4v) is 3.23. The van der Waals surface area contributed by atoms with Crippen LogP contribution in [0.25, 0.3) is 21.9 Å². The lowest BCUT2D eigenvalue weighted by Crippen LogP contribution is -2.41. The molecule has 1 aliphatic heterocycles. The summed E-state index contributed by atoms with van der Waals surface area (Å²) in [5.74, 6) is 0. The molecule has 0 amide bonds. The summed E-state index contributed by atoms with van der Waals surface area (Å²) in [4.78, 5) is 0. The van der Waals surface area contributed by atoms with E-state index >= 15 is 0 Å². The molecule has 0 spiro atoms. The third-order valence-corrected chi connectivity index (χ3v) is 5.48. The molecular formula is C18H18BBrO3. The van der Waals surface area contributed by atoms with Crippen molar-refractivity contribution < 1.29 is 13.7 Å². The van der Waals surface area contributed by atoms with E-state index in [1.807, 2.05) is 18.2 Å². The molecule has 118 valence electrons. The number of hydrogen-bond donors (Lipinski definition) is 0. The highest BCUT2D eigenvalue weighted by atomic mass is 79.9. The number of furan rings is 1. The molecule has 0 atom stereocenters. The van der Waals surface area contributed by atoms with Crippen molar-refractivity contribution in [1.29, 1.82) is 0 Å². The maximum Gasteiger partial charge on any atom is 0.494 e. The van der Waals surface area contributed by atoms with Crippen LogP contribution in [0.3, 0.4) is 0 Å². The Kier molecular flexibility index (Phi) is 3.22. The molecule has 1 fully saturated rings. The van der Waals surface area contributed by atoms with Gasteiger partial charge in [0, 0.05) is 15.2 Å². The topological polar surface area (TPSA) is 31.6 Å². The third kappa shape index (κ3) is 2.33. The molecule has 3 aromatic rings. The largest absolute Gasteiger partial charge is 0.494 e. The Bertz CT molecular complexity index is 897. The summed E-state index contributed by atoms with van der Waals surface area (Å²) in [7, 11) is -0.371. The molecular weight excluding hydrogens is 355 g/mol. The Morgan fingerprint density at radius 2 is 1.39 bits per heavy atom. The lowest BCUT2D eigenvalue weighted by molar-refractivity contribution is 0.00578. The first-order chi connectivity index (χ1) is 10.8. The number of fused-ring (bicyclic) bond motifs is 3. The van der Waals surface area contributed by atoms with Gasteiger partial charge in [-0.25, -0.2) is 0 Å². The third-order valence-electron chi connectivity index (χ3n) is 4.98. The Balaban J connectivity index is 1.79. The van der Waals surface area contributed by atoms with E-state index in [0.717, 1.165) is 31.9 Å². The van der Waals surface area contributed by atoms with Gasteiger partial charge < -0.3 is 13.7 Å². The average Bonchev–Trinajstić information content (AvgIpc) is 2.91. The van der Waals surface area contributed by atoms with Crippen molar-refractivity contribution in [1.82, 2.24) is 0 Å². The van der Waals surface area contributed by atoms with Crippen LogP contribution < -0.4 is 5.46 Å². The van der Waals surface area contributed by atoms with Gasteiger partial charge in [-0.1, -0.05) is 28.1 Å². The van der Waals surface area contributed by atoms with Gasteiger partial charge in [0.15, 0.2) is 0 Å². The SMILES string of the molecule is CC1(C)OB(c2ccc3c(c2)oc2cc(Br)ccc23)OC1(C)C. The summed E-state index contributed by atoms with van der Waals surface area (Å²) >= 11 is 3.48. The van der Waals surface area contributed by atoms with Crippen LogP contribution >= 0.6 is 15.9 Å². The highest BCUT2D eigenvalue weighted by Gasteiger charge is 2.51. The quantitative estimate of drug-likeness (QED) is 0.583. The van der Waals surface area contributed by atoms with Gasteiger partial charge in [-0.15, -0.1) is 0 Å². The van der Waals surface area contributed by atoms with E-state index in [4.69, 9.17) is 13.7 Å². The van der Waals surface area contributed by atoms with Crippen LogP contribution in [-0.2, 0) is 9.31 Å². The first-order valence-corrected chi connectivity index (χ1v) is 8.53. The number of benzene rings is 2. The molecule has 2 heterocycles. The zero-order valence-electron chi connectivity index (χ0n) is 13.6. The van der Waals surface area contributed by atoms with Crippen molar-refractivity contribution in [3.63, 3.8) is 0 Å². The Morgan fingerprint density at radius 3 is 2.04 bits per heavy atom. The van der Waals surface area contributed by atoms with Crippen LogP contribution in [-0.4, -0.2) is 18.3 Å². The summed E-state index contributed by atoms with van der Waals surface area (Å²) in [6.07, 6.45) is 0. The molecule has 0 unspecified atom stereocenters. The van der Waals surface area contributed by atoms with Crippen molar-refractivity contribution in [2.45, 2.75) is 38.9 Å². The van der Waals surface area contributed by atoms with Crippen LogP contribution in [0.4, 0.5) is 0 Å². The maximum atomic E-state index is 6.12. The second kappa shape index (κ2) is 4.85. The molecule has 0 bridgehead atoms. The molecule has 0 aliphatic carbocycles. The van der Waals surface area contributed by atoms with Gasteiger partial charge in [-0.2, -0.15) is 0 Å². The summed E-state index contributed by atoms with van der Waals surface area (Å²) < 4.78 is 19.2. The minimum absolute atomic E-state index is 0.342. The van der Waals surface area contributed by atoms with Crippen LogP contribution in [0.5, 0.6) is 0 Å². The summed E-state index contributed by atoms with van der Waals surface area (Å²) in [5.41, 5.74) is 2.02. The molecule has 4 rings (SSSR count). The standard InChI is InChI=1S/C18H18BBrO3/c1-17(2)18(3,4)23-19(22-17)11-5-7-13-14-8-6-12(20)10-16(14)21-15(13)9-11/h5-10H,1-4H3. The molecule has 0 saturated carbocycles. The Labute approximate surface area is 144 Å². The molecule has 1 aromatic heterocycles. The van der Waals surface area contributed by atoms with Gasteiger partial charge in [-0.05, 0) is 57.4 Å². The second-order valence-corrected chi connectivity index (χ2v) is 8.00. The highest BCUT2D eigenvalue weighted by Crippen LogP contribution is 2.37. The van der Waals surface area contributed by atoms with Crippen molar-refractivity contribution in [3.8, 4) is 0 Å². The molecule has 0 radical (unpaired) electrons. The summed E-state index contributed by atoms with van der Waals surface area (Å²) in [6, 6.07) is 12.2. The fraction of sp³-hybridized carbons (Fsp3) is 0.333. The van der Waals surface area contributed by atoms with Gasteiger partial charge in [0.1, 0.15) is 11.2 Å². The van der Waals surface area contributed by atoms with Crippen LogP contribution in [0, 0.1) is 0 Å². The first kappa shape index (κ1) is 15.2. The van der Waals surface area contributed by atoms with E-state index in [9.17, 15) is 0 Å². The van der Waals surface area contributed by atoms with Crippen LogP contribution in [0.2, 0.25) is 0 Å². The normalized spacial score (nSPS) is 19.8. The van der Waals surface area contributed by atoms with Crippen LogP contribution in [0.1, 0.15) is 27.7 Å². The van der Waals surface area contributed by atoms with E-state index in [1.165, 1.54) is 0 Å². The zero-order valence-corrected chi connectivity index (χ0v) is 15.2. The summed E-state index contributed by atoms with van der Waals surface area (Å²) in [5, 5.41) is 2.22. The van der Waals surface area contributed by atoms with Gasteiger partial charge in [0.05, 0.1) is 11.2 Å². The van der Waals surface area contributed by atoms with Crippen molar-refractivity contribution in [2.24, 2.45) is 0 Å². The highest BCUT2D eigenvalue weighted by molar-refractivity contribution is 9.10. The Hall–Kier alpha value is -1.30. The Morgan fingerprint density at radius 1 is 0.826 bits per heavy atom. The maximum absolute atomic E-state index is 6.12. The van der Waals surface area contributed by atoms with Crippen molar-refractivity contribution in [3.05, 3.63) is 40.9 Å². The van der Waals surface area contributed by atoms with E-state index < -0.39 is 0 Å². The van der Waals surface area contributed by atoms with Crippen LogP contribution in [0.15, 0.2) is 45.3 Å². The molecule has 3 nitrogen and oxygen atoms in total. The monoisotopic (exact) mass is 372 g/mol. The van der Waals surface area contributed by atoms with Gasteiger partial charge in [0.25, 0.3) is 0 Å². The minimum atomic E-state index is -0.371. The number of halogens is 1. The second-order valence-electron chi connectivity index (χ2n) is 7.09. The molecule has 2 aromatic carbocycles. The number of rotatable bonds is 1. The predicted octanol–water partition coefficient (Wildman–Crippen LogP) is 4.65. The van der Waals surface area contributed by atoms with E-state index in [2.05, 4.69) is 61.8 Å². The van der Waals surface area contributed by atoms with Gasteiger partial charge in [-0.3, -0.25) is 0 Å². The fourth-order valence-electron chi connectivity index (χ4n) is 2.89. The van der Waals surface area contributed by atoms with Gasteiger partial charge >= 0.3 is 7.12 Å². The minimum Gasteiger partial charge on any atom is -0.456 e. The molecule has 1 aliphatic rings. The predicted molar refractivity (Wildman–Crippen MR) is 97.1 cm³/mol. The zero-order chi connectivity index (χ0) is 16.4. The molecule has 23 heavy (non-hydrogen) atoms. The number of hydrogen-bond acceptors (Lipinski definition) is 3. The molecule has 0 N–H and O–H groups in total. The summed E-state index contributed by atoms with van der Waals surface area (Å²) in [6.45, 7) is 8.24. The van der Waals surface area contributed by atoms with E-state index in [-0.39, 0.29) is 18.3 Å².